The molecule has 0 radical (unpaired) electrons. The molecule has 0 bridgehead atoms. The molecule has 1 aromatic rings. The zero-order valence-corrected chi connectivity index (χ0v) is 8.90. The number of aliphatic hydroxyl groups is 1. The number of furan rings is 1. The fourth-order valence-corrected chi connectivity index (χ4v) is 1.72. The molecule has 2 atom stereocenters. The third-order valence-corrected chi connectivity index (χ3v) is 2.86. The topological polar surface area (TPSA) is 54.6 Å². The summed E-state index contributed by atoms with van der Waals surface area (Å²) in [6, 6.07) is 2.11. The summed E-state index contributed by atoms with van der Waals surface area (Å²) >= 11 is 0. The first-order chi connectivity index (χ1) is 7.20. The monoisotopic (exact) mass is 211 g/mol. The number of hydrogen-bond acceptors (Lipinski definition) is 4. The average molecular weight is 211 g/mol. The van der Waals surface area contributed by atoms with Gasteiger partial charge in [0.15, 0.2) is 0 Å². The van der Waals surface area contributed by atoms with Gasteiger partial charge in [-0.3, -0.25) is 0 Å². The molecule has 0 aliphatic carbocycles. The fourth-order valence-electron chi connectivity index (χ4n) is 1.72. The van der Waals surface area contributed by atoms with Crippen LogP contribution in [0.2, 0.25) is 0 Å². The lowest BCUT2D eigenvalue weighted by Crippen LogP contribution is -2.41. The minimum absolute atomic E-state index is 0.188. The van der Waals surface area contributed by atoms with Crippen LogP contribution in [0.5, 0.6) is 0 Å². The second-order valence-electron chi connectivity index (χ2n) is 4.19. The summed E-state index contributed by atoms with van der Waals surface area (Å²) in [4.78, 5) is 0. The van der Waals surface area contributed by atoms with E-state index in [-0.39, 0.29) is 6.04 Å². The van der Waals surface area contributed by atoms with Gasteiger partial charge in [0.05, 0.1) is 19.1 Å². The Kier molecular flexibility index (Phi) is 3.09. The van der Waals surface area contributed by atoms with Crippen LogP contribution in [0.4, 0.5) is 0 Å². The second-order valence-corrected chi connectivity index (χ2v) is 4.19. The molecule has 2 unspecified atom stereocenters. The van der Waals surface area contributed by atoms with E-state index >= 15 is 0 Å². The Morgan fingerprint density at radius 1 is 1.67 bits per heavy atom. The highest BCUT2D eigenvalue weighted by molar-refractivity contribution is 5.10. The van der Waals surface area contributed by atoms with Gasteiger partial charge in [-0.2, -0.15) is 0 Å². The Labute approximate surface area is 89.2 Å². The van der Waals surface area contributed by atoms with E-state index in [1.165, 1.54) is 0 Å². The van der Waals surface area contributed by atoms with E-state index < -0.39 is 5.60 Å². The summed E-state index contributed by atoms with van der Waals surface area (Å²) in [6.45, 7) is 3.68. The quantitative estimate of drug-likeness (QED) is 0.782. The molecule has 2 N–H and O–H groups in total. The van der Waals surface area contributed by atoms with Crippen molar-refractivity contribution in [1.82, 2.24) is 5.32 Å². The minimum atomic E-state index is -0.696. The predicted molar refractivity (Wildman–Crippen MR) is 55.5 cm³/mol. The molecule has 4 nitrogen and oxygen atoms in total. The van der Waals surface area contributed by atoms with Crippen LogP contribution in [0.1, 0.15) is 24.9 Å². The van der Waals surface area contributed by atoms with Crippen LogP contribution in [0.15, 0.2) is 23.0 Å². The molecule has 2 rings (SSSR count). The van der Waals surface area contributed by atoms with Gasteiger partial charge in [0.25, 0.3) is 0 Å². The van der Waals surface area contributed by atoms with E-state index in [1.54, 1.807) is 12.5 Å². The third-order valence-electron chi connectivity index (χ3n) is 2.86. The van der Waals surface area contributed by atoms with Crippen molar-refractivity contribution in [3.05, 3.63) is 24.2 Å². The van der Waals surface area contributed by atoms with Crippen LogP contribution in [0.25, 0.3) is 0 Å². The fraction of sp³-hybridized carbons (Fsp3) is 0.636. The molecule has 1 aliphatic heterocycles. The molecule has 0 saturated carbocycles. The number of hydrogen-bond donors (Lipinski definition) is 2. The number of nitrogens with one attached hydrogen (secondary N) is 1. The van der Waals surface area contributed by atoms with Crippen LogP contribution >= 0.6 is 0 Å². The van der Waals surface area contributed by atoms with Crippen LogP contribution in [-0.2, 0) is 4.74 Å². The number of ether oxygens (including phenoxy) is 1. The van der Waals surface area contributed by atoms with E-state index in [0.717, 1.165) is 5.56 Å². The van der Waals surface area contributed by atoms with Gasteiger partial charge >= 0.3 is 0 Å². The maximum Gasteiger partial charge on any atom is 0.103 e. The summed E-state index contributed by atoms with van der Waals surface area (Å²) in [5.74, 6) is 0. The molecular weight excluding hydrogens is 194 g/mol. The van der Waals surface area contributed by atoms with Gasteiger partial charge in [-0.05, 0) is 13.0 Å². The lowest BCUT2D eigenvalue weighted by atomic mass is 10.0. The van der Waals surface area contributed by atoms with E-state index in [1.807, 2.05) is 13.0 Å². The summed E-state index contributed by atoms with van der Waals surface area (Å²) < 4.78 is 10.2. The summed E-state index contributed by atoms with van der Waals surface area (Å²) in [7, 11) is 0. The maximum atomic E-state index is 10.0. The average Bonchev–Trinajstić information content (AvgIpc) is 2.85. The molecule has 0 spiro atoms. The van der Waals surface area contributed by atoms with E-state index in [2.05, 4.69) is 5.32 Å². The summed E-state index contributed by atoms with van der Waals surface area (Å²) in [6.07, 6.45) is 4.08. The van der Waals surface area contributed by atoms with Crippen LogP contribution in [-0.4, -0.2) is 30.5 Å². The molecule has 1 aliphatic rings. The van der Waals surface area contributed by atoms with Crippen molar-refractivity contribution >= 4 is 0 Å². The smallest absolute Gasteiger partial charge is 0.103 e. The van der Waals surface area contributed by atoms with E-state index in [4.69, 9.17) is 9.15 Å². The lowest BCUT2D eigenvalue weighted by Gasteiger charge is -2.23. The maximum absolute atomic E-state index is 10.0. The summed E-state index contributed by atoms with van der Waals surface area (Å²) in [5, 5.41) is 13.3. The lowest BCUT2D eigenvalue weighted by molar-refractivity contribution is 0.0252. The van der Waals surface area contributed by atoms with Gasteiger partial charge in [-0.1, -0.05) is 0 Å². The van der Waals surface area contributed by atoms with E-state index in [9.17, 15) is 5.11 Å². The zero-order chi connectivity index (χ0) is 10.7. The van der Waals surface area contributed by atoms with Crippen molar-refractivity contribution in [2.24, 2.45) is 0 Å². The molecule has 2 heterocycles. The first-order valence-corrected chi connectivity index (χ1v) is 5.25. The first-order valence-electron chi connectivity index (χ1n) is 5.25. The van der Waals surface area contributed by atoms with Gasteiger partial charge in [0, 0.05) is 31.2 Å². The second kappa shape index (κ2) is 4.35. The minimum Gasteiger partial charge on any atom is -0.472 e. The van der Waals surface area contributed by atoms with E-state index in [0.29, 0.717) is 26.2 Å². The highest BCUT2D eigenvalue weighted by Gasteiger charge is 2.32. The van der Waals surface area contributed by atoms with Crippen molar-refractivity contribution in [3.63, 3.8) is 0 Å². The van der Waals surface area contributed by atoms with Gasteiger partial charge in [-0.25, -0.2) is 0 Å². The molecular formula is C11H17NO3. The molecule has 4 heteroatoms. The Balaban J connectivity index is 1.83. The van der Waals surface area contributed by atoms with Crippen molar-refractivity contribution < 1.29 is 14.3 Å². The van der Waals surface area contributed by atoms with Gasteiger partial charge in [0.2, 0.25) is 0 Å². The Morgan fingerprint density at radius 3 is 3.13 bits per heavy atom. The van der Waals surface area contributed by atoms with Gasteiger partial charge < -0.3 is 19.6 Å². The van der Waals surface area contributed by atoms with Crippen LogP contribution in [0.3, 0.4) is 0 Å². The Morgan fingerprint density at radius 2 is 2.53 bits per heavy atom. The highest BCUT2D eigenvalue weighted by Crippen LogP contribution is 2.19. The zero-order valence-electron chi connectivity index (χ0n) is 8.90. The first kappa shape index (κ1) is 10.7. The van der Waals surface area contributed by atoms with Gasteiger partial charge in [0.1, 0.15) is 5.60 Å². The normalized spacial score (nSPS) is 28.1. The Bertz CT molecular complexity index is 291. The summed E-state index contributed by atoms with van der Waals surface area (Å²) in [5.41, 5.74) is 0.398. The third kappa shape index (κ3) is 2.59. The molecule has 15 heavy (non-hydrogen) atoms. The standard InChI is InChI=1S/C11H17NO3/c1-9(10-2-4-14-6-10)12-7-11(13)3-5-15-8-11/h2,4,6,9,12-13H,3,5,7-8H2,1H3. The molecule has 1 saturated heterocycles. The number of rotatable bonds is 4. The molecule has 1 aromatic heterocycles. The Hall–Kier alpha value is -0.840. The van der Waals surface area contributed by atoms with Crippen molar-refractivity contribution in [1.29, 1.82) is 0 Å². The van der Waals surface area contributed by atoms with Crippen molar-refractivity contribution in [2.75, 3.05) is 19.8 Å². The molecule has 1 fully saturated rings. The van der Waals surface area contributed by atoms with Crippen LogP contribution in [0, 0.1) is 0 Å². The van der Waals surface area contributed by atoms with Gasteiger partial charge in [-0.15, -0.1) is 0 Å². The van der Waals surface area contributed by atoms with Crippen molar-refractivity contribution in [2.45, 2.75) is 25.0 Å². The molecule has 0 amide bonds. The molecule has 84 valence electrons. The molecule has 0 aromatic carbocycles. The van der Waals surface area contributed by atoms with Crippen LogP contribution < -0.4 is 5.32 Å². The predicted octanol–water partition coefficient (Wildman–Crippen LogP) is 1.08. The highest BCUT2D eigenvalue weighted by atomic mass is 16.5. The largest absolute Gasteiger partial charge is 0.472 e. The van der Waals surface area contributed by atoms with Crippen molar-refractivity contribution in [3.8, 4) is 0 Å². The SMILES string of the molecule is CC(NCC1(O)CCOC1)c1ccoc1.